The summed E-state index contributed by atoms with van der Waals surface area (Å²) in [6.07, 6.45) is 5.71. The van der Waals surface area contributed by atoms with Crippen molar-refractivity contribution in [2.45, 2.75) is 39.0 Å². The second-order valence-corrected chi connectivity index (χ2v) is 5.66. The van der Waals surface area contributed by atoms with Gasteiger partial charge < -0.3 is 5.84 Å². The minimum absolute atomic E-state index is 0.0908. The Kier molecular flexibility index (Phi) is 2.43. The van der Waals surface area contributed by atoms with Crippen molar-refractivity contribution in [1.29, 1.82) is 0 Å². The Labute approximate surface area is 103 Å². The molecule has 1 aliphatic carbocycles. The van der Waals surface area contributed by atoms with E-state index in [1.807, 2.05) is 0 Å². The fourth-order valence-electron chi connectivity index (χ4n) is 2.50. The summed E-state index contributed by atoms with van der Waals surface area (Å²) in [5.41, 5.74) is 1.12. The molecule has 3 rings (SSSR count). The van der Waals surface area contributed by atoms with Crippen LogP contribution in [0.25, 0.3) is 10.2 Å². The molecule has 2 heterocycles. The first-order valence-electron chi connectivity index (χ1n) is 5.97. The summed E-state index contributed by atoms with van der Waals surface area (Å²) in [5.74, 6) is 6.31. The molecular formula is C12H15N3OS. The lowest BCUT2D eigenvalue weighted by Crippen LogP contribution is -2.30. The Bertz CT molecular complexity index is 641. The topological polar surface area (TPSA) is 60.9 Å². The third kappa shape index (κ3) is 1.57. The van der Waals surface area contributed by atoms with E-state index in [0.29, 0.717) is 5.82 Å². The van der Waals surface area contributed by atoms with Gasteiger partial charge in [-0.3, -0.25) is 4.79 Å². The van der Waals surface area contributed by atoms with Crippen LogP contribution in [-0.2, 0) is 12.8 Å². The maximum absolute atomic E-state index is 12.2. The third-order valence-corrected chi connectivity index (χ3v) is 4.63. The Morgan fingerprint density at radius 3 is 2.88 bits per heavy atom. The molecule has 4 nitrogen and oxygen atoms in total. The first-order chi connectivity index (χ1) is 8.18. The molecule has 5 heteroatoms. The summed E-state index contributed by atoms with van der Waals surface area (Å²) in [6, 6.07) is 0. The van der Waals surface area contributed by atoms with Crippen LogP contribution in [0.2, 0.25) is 0 Å². The number of nitrogens with zero attached hydrogens (tertiary/aromatic N) is 2. The van der Waals surface area contributed by atoms with Crippen molar-refractivity contribution in [3.05, 3.63) is 26.6 Å². The number of hydrogen-bond donors (Lipinski definition) is 1. The molecular weight excluding hydrogens is 234 g/mol. The molecule has 2 aromatic heterocycles. The minimum atomic E-state index is -0.0908. The molecule has 0 aliphatic heterocycles. The van der Waals surface area contributed by atoms with E-state index in [4.69, 9.17) is 5.84 Å². The molecule has 0 unspecified atom stereocenters. The minimum Gasteiger partial charge on any atom is -0.335 e. The number of aryl methyl sites for hydroxylation is 3. The first-order valence-corrected chi connectivity index (χ1v) is 6.79. The zero-order chi connectivity index (χ0) is 12.0. The normalized spacial score (nSPS) is 15.8. The lowest BCUT2D eigenvalue weighted by molar-refractivity contribution is 0.713. The lowest BCUT2D eigenvalue weighted by Gasteiger charge is -2.03. The molecule has 0 bridgehead atoms. The fourth-order valence-corrected chi connectivity index (χ4v) is 3.79. The van der Waals surface area contributed by atoms with E-state index >= 15 is 0 Å². The highest BCUT2D eigenvalue weighted by Crippen LogP contribution is 2.32. The Balaban J connectivity index is 2.38. The zero-order valence-electron chi connectivity index (χ0n) is 9.82. The van der Waals surface area contributed by atoms with Gasteiger partial charge in [0.05, 0.1) is 5.39 Å². The summed E-state index contributed by atoms with van der Waals surface area (Å²) < 4.78 is 1.17. The summed E-state index contributed by atoms with van der Waals surface area (Å²) in [4.78, 5) is 18.8. The van der Waals surface area contributed by atoms with Gasteiger partial charge in [-0.25, -0.2) is 9.66 Å². The second kappa shape index (κ2) is 3.84. The maximum Gasteiger partial charge on any atom is 0.280 e. The quantitative estimate of drug-likeness (QED) is 0.571. The van der Waals surface area contributed by atoms with Crippen LogP contribution in [0.4, 0.5) is 0 Å². The molecule has 2 aromatic rings. The zero-order valence-corrected chi connectivity index (χ0v) is 10.6. The largest absolute Gasteiger partial charge is 0.335 e. The number of thiophene rings is 1. The van der Waals surface area contributed by atoms with Gasteiger partial charge in [-0.05, 0) is 38.2 Å². The van der Waals surface area contributed by atoms with Crippen LogP contribution in [0.1, 0.15) is 35.5 Å². The maximum atomic E-state index is 12.2. The van der Waals surface area contributed by atoms with Crippen LogP contribution in [0.5, 0.6) is 0 Å². The highest BCUT2D eigenvalue weighted by atomic mass is 32.1. The van der Waals surface area contributed by atoms with Gasteiger partial charge >= 0.3 is 0 Å². The van der Waals surface area contributed by atoms with Gasteiger partial charge in [-0.15, -0.1) is 11.3 Å². The summed E-state index contributed by atoms with van der Waals surface area (Å²) >= 11 is 1.67. The monoisotopic (exact) mass is 249 g/mol. The van der Waals surface area contributed by atoms with Crippen molar-refractivity contribution in [3.63, 3.8) is 0 Å². The molecule has 0 saturated carbocycles. The van der Waals surface area contributed by atoms with Crippen molar-refractivity contribution in [3.8, 4) is 0 Å². The molecule has 0 spiro atoms. The third-order valence-electron chi connectivity index (χ3n) is 3.45. The van der Waals surface area contributed by atoms with Gasteiger partial charge in [-0.2, -0.15) is 0 Å². The Morgan fingerprint density at radius 2 is 2.06 bits per heavy atom. The lowest BCUT2D eigenvalue weighted by atomic mass is 10.1. The molecule has 90 valence electrons. The molecule has 0 saturated heterocycles. The van der Waals surface area contributed by atoms with Gasteiger partial charge in [-0.1, -0.05) is 6.42 Å². The van der Waals surface area contributed by atoms with Gasteiger partial charge in [0.2, 0.25) is 0 Å². The highest BCUT2D eigenvalue weighted by molar-refractivity contribution is 7.18. The predicted molar refractivity (Wildman–Crippen MR) is 70.0 cm³/mol. The number of rotatable bonds is 0. The van der Waals surface area contributed by atoms with E-state index in [1.54, 1.807) is 18.3 Å². The smallest absolute Gasteiger partial charge is 0.280 e. The SMILES string of the molecule is Cc1nc2sc3c(c2c(=O)n1N)CCCCC3. The standard InChI is InChI=1S/C12H15N3OS/c1-7-14-11-10(12(16)15(7)13)8-5-3-2-4-6-9(8)17-11/h2-6,13H2,1H3. The highest BCUT2D eigenvalue weighted by Gasteiger charge is 2.19. The average molecular weight is 249 g/mol. The first kappa shape index (κ1) is 10.8. The molecule has 17 heavy (non-hydrogen) atoms. The Morgan fingerprint density at radius 1 is 1.29 bits per heavy atom. The molecule has 1 aliphatic rings. The van der Waals surface area contributed by atoms with Crippen LogP contribution in [0, 0.1) is 6.92 Å². The molecule has 0 radical (unpaired) electrons. The van der Waals surface area contributed by atoms with Crippen LogP contribution in [0.3, 0.4) is 0 Å². The predicted octanol–water partition coefficient (Wildman–Crippen LogP) is 1.75. The van der Waals surface area contributed by atoms with E-state index < -0.39 is 0 Å². The number of aromatic nitrogens is 2. The summed E-state index contributed by atoms with van der Waals surface area (Å²) in [6.45, 7) is 1.77. The van der Waals surface area contributed by atoms with Crippen molar-refractivity contribution < 1.29 is 0 Å². The second-order valence-electron chi connectivity index (χ2n) is 4.58. The van der Waals surface area contributed by atoms with E-state index in [0.717, 1.165) is 29.5 Å². The molecule has 0 fully saturated rings. The average Bonchev–Trinajstić information content (AvgIpc) is 2.49. The van der Waals surface area contributed by atoms with E-state index in [-0.39, 0.29) is 5.56 Å². The molecule has 0 aromatic carbocycles. The van der Waals surface area contributed by atoms with Crippen LogP contribution in [-0.4, -0.2) is 9.66 Å². The number of nitrogen functional groups attached to an aromatic ring is 1. The molecule has 0 atom stereocenters. The Hall–Kier alpha value is -1.36. The van der Waals surface area contributed by atoms with Crippen LogP contribution in [0.15, 0.2) is 4.79 Å². The summed E-state index contributed by atoms with van der Waals surface area (Å²) in [7, 11) is 0. The van der Waals surface area contributed by atoms with Gasteiger partial charge in [0.1, 0.15) is 10.7 Å². The van der Waals surface area contributed by atoms with Crippen LogP contribution >= 0.6 is 11.3 Å². The van der Waals surface area contributed by atoms with Crippen molar-refractivity contribution in [2.24, 2.45) is 0 Å². The fraction of sp³-hybridized carbons (Fsp3) is 0.500. The number of hydrogen-bond acceptors (Lipinski definition) is 4. The van der Waals surface area contributed by atoms with Crippen molar-refractivity contribution in [2.75, 3.05) is 5.84 Å². The van der Waals surface area contributed by atoms with Gasteiger partial charge in [0.15, 0.2) is 0 Å². The van der Waals surface area contributed by atoms with Gasteiger partial charge in [0.25, 0.3) is 5.56 Å². The van der Waals surface area contributed by atoms with Crippen LogP contribution < -0.4 is 11.4 Å². The number of fused-ring (bicyclic) bond motifs is 3. The molecule has 2 N–H and O–H groups in total. The molecule has 0 amide bonds. The van der Waals surface area contributed by atoms with E-state index in [9.17, 15) is 4.79 Å². The van der Waals surface area contributed by atoms with E-state index in [2.05, 4.69) is 4.98 Å². The summed E-state index contributed by atoms with van der Waals surface area (Å²) in [5, 5.41) is 0.764. The van der Waals surface area contributed by atoms with Gasteiger partial charge in [0, 0.05) is 4.88 Å². The van der Waals surface area contributed by atoms with E-state index in [1.165, 1.54) is 28.0 Å². The van der Waals surface area contributed by atoms with Crippen molar-refractivity contribution >= 4 is 21.6 Å². The number of nitrogens with two attached hydrogens (primary N) is 1. The van der Waals surface area contributed by atoms with Crippen molar-refractivity contribution in [1.82, 2.24) is 9.66 Å².